The molecule has 2 heterocycles. The van der Waals surface area contributed by atoms with E-state index in [4.69, 9.17) is 4.74 Å². The van der Waals surface area contributed by atoms with E-state index < -0.39 is 5.54 Å². The van der Waals surface area contributed by atoms with Gasteiger partial charge in [-0.15, -0.1) is 11.3 Å². The third kappa shape index (κ3) is 3.00. The highest BCUT2D eigenvalue weighted by Crippen LogP contribution is 2.23. The molecule has 0 amide bonds. The maximum Gasteiger partial charge on any atom is 0.330 e. The first-order chi connectivity index (χ1) is 9.16. The summed E-state index contributed by atoms with van der Waals surface area (Å²) in [7, 11) is 1.40. The second-order valence-corrected chi connectivity index (χ2v) is 5.32. The summed E-state index contributed by atoms with van der Waals surface area (Å²) in [4.78, 5) is 17.2. The maximum absolute atomic E-state index is 12.1. The van der Waals surface area contributed by atoms with E-state index in [1.165, 1.54) is 12.0 Å². The summed E-state index contributed by atoms with van der Waals surface area (Å²) in [5, 5.41) is 5.29. The lowest BCUT2D eigenvalue weighted by Crippen LogP contribution is -2.46. The number of carbonyl (C=O) groups is 1. The zero-order valence-electron chi connectivity index (χ0n) is 10.9. The minimum atomic E-state index is -0.873. The van der Waals surface area contributed by atoms with Gasteiger partial charge in [-0.25, -0.2) is 4.79 Å². The topological polar surface area (TPSA) is 51.2 Å². The van der Waals surface area contributed by atoms with E-state index in [-0.39, 0.29) is 5.97 Å². The standard InChI is InChI=1S/C14H16N2O2S/c1-14(13(17)18-2,11-5-7-15-8-6-11)16-10-12-4-3-9-19-12/h3-9,16H,10H2,1-2H3. The highest BCUT2D eigenvalue weighted by Gasteiger charge is 2.35. The molecule has 0 radical (unpaired) electrons. The monoisotopic (exact) mass is 276 g/mol. The molecular weight excluding hydrogens is 260 g/mol. The average molecular weight is 276 g/mol. The SMILES string of the molecule is COC(=O)C(C)(NCc1cccs1)c1ccncc1. The van der Waals surface area contributed by atoms with Crippen LogP contribution in [-0.2, 0) is 21.6 Å². The van der Waals surface area contributed by atoms with Gasteiger partial charge in [-0.05, 0) is 36.1 Å². The molecule has 0 aromatic carbocycles. The summed E-state index contributed by atoms with van der Waals surface area (Å²) in [5.41, 5.74) is -0.0345. The molecule has 2 aromatic heterocycles. The molecular formula is C14H16N2O2S. The van der Waals surface area contributed by atoms with Gasteiger partial charge in [-0.1, -0.05) is 6.07 Å². The molecule has 1 atom stereocenters. The van der Waals surface area contributed by atoms with E-state index in [1.54, 1.807) is 23.7 Å². The smallest absolute Gasteiger partial charge is 0.330 e. The van der Waals surface area contributed by atoms with Crippen LogP contribution >= 0.6 is 11.3 Å². The molecule has 1 unspecified atom stereocenters. The minimum absolute atomic E-state index is 0.310. The second kappa shape index (κ2) is 5.95. The number of nitrogens with one attached hydrogen (secondary N) is 1. The molecule has 0 spiro atoms. The molecule has 0 aliphatic carbocycles. The zero-order chi connectivity index (χ0) is 13.7. The number of carbonyl (C=O) groups excluding carboxylic acids is 1. The number of methoxy groups -OCH3 is 1. The van der Waals surface area contributed by atoms with Gasteiger partial charge in [0.05, 0.1) is 7.11 Å². The molecule has 0 saturated carbocycles. The molecule has 2 aromatic rings. The third-order valence-corrected chi connectivity index (χ3v) is 3.92. The van der Waals surface area contributed by atoms with Gasteiger partial charge in [0, 0.05) is 23.8 Å². The highest BCUT2D eigenvalue weighted by atomic mass is 32.1. The van der Waals surface area contributed by atoms with Crippen molar-refractivity contribution in [3.8, 4) is 0 Å². The van der Waals surface area contributed by atoms with Crippen LogP contribution in [0.5, 0.6) is 0 Å². The summed E-state index contributed by atoms with van der Waals surface area (Å²) >= 11 is 1.65. The van der Waals surface area contributed by atoms with E-state index in [9.17, 15) is 4.79 Å². The third-order valence-electron chi connectivity index (χ3n) is 3.05. The van der Waals surface area contributed by atoms with Crippen molar-refractivity contribution in [3.63, 3.8) is 0 Å². The van der Waals surface area contributed by atoms with Crippen molar-refractivity contribution in [2.45, 2.75) is 19.0 Å². The van der Waals surface area contributed by atoms with E-state index in [0.29, 0.717) is 6.54 Å². The number of hydrogen-bond donors (Lipinski definition) is 1. The largest absolute Gasteiger partial charge is 0.467 e. The van der Waals surface area contributed by atoms with E-state index >= 15 is 0 Å². The summed E-state index contributed by atoms with van der Waals surface area (Å²) < 4.78 is 4.92. The van der Waals surface area contributed by atoms with Crippen molar-refractivity contribution < 1.29 is 9.53 Å². The van der Waals surface area contributed by atoms with E-state index in [2.05, 4.69) is 10.3 Å². The Morgan fingerprint density at radius 2 is 2.16 bits per heavy atom. The van der Waals surface area contributed by atoms with E-state index in [1.807, 2.05) is 36.6 Å². The molecule has 1 N–H and O–H groups in total. The predicted octanol–water partition coefficient (Wildman–Crippen LogP) is 2.32. The normalized spacial score (nSPS) is 13.8. The van der Waals surface area contributed by atoms with Gasteiger partial charge in [-0.3, -0.25) is 10.3 Å². The summed E-state index contributed by atoms with van der Waals surface area (Å²) in [6.07, 6.45) is 3.34. The van der Waals surface area contributed by atoms with Crippen LogP contribution < -0.4 is 5.32 Å². The Labute approximate surface area is 116 Å². The van der Waals surface area contributed by atoms with Gasteiger partial charge in [0.1, 0.15) is 5.54 Å². The van der Waals surface area contributed by atoms with Crippen LogP contribution in [0.3, 0.4) is 0 Å². The molecule has 0 aliphatic rings. The van der Waals surface area contributed by atoms with Crippen LogP contribution in [0.15, 0.2) is 42.0 Å². The van der Waals surface area contributed by atoms with Gasteiger partial charge in [0.25, 0.3) is 0 Å². The number of aromatic nitrogens is 1. The number of pyridine rings is 1. The van der Waals surface area contributed by atoms with Crippen LogP contribution in [0.4, 0.5) is 0 Å². The Morgan fingerprint density at radius 3 is 2.74 bits per heavy atom. The lowest BCUT2D eigenvalue weighted by Gasteiger charge is -2.28. The number of ether oxygens (including phenoxy) is 1. The summed E-state index contributed by atoms with van der Waals surface area (Å²) in [6, 6.07) is 7.65. The van der Waals surface area contributed by atoms with Crippen molar-refractivity contribution in [2.75, 3.05) is 7.11 Å². The summed E-state index contributed by atoms with van der Waals surface area (Å²) in [6.45, 7) is 2.44. The number of esters is 1. The second-order valence-electron chi connectivity index (χ2n) is 4.29. The predicted molar refractivity (Wildman–Crippen MR) is 74.8 cm³/mol. The van der Waals surface area contributed by atoms with Crippen LogP contribution in [0.1, 0.15) is 17.4 Å². The molecule has 19 heavy (non-hydrogen) atoms. The van der Waals surface area contributed by atoms with Crippen LogP contribution in [0.25, 0.3) is 0 Å². The number of thiophene rings is 1. The van der Waals surface area contributed by atoms with Gasteiger partial charge in [-0.2, -0.15) is 0 Å². The van der Waals surface area contributed by atoms with Crippen molar-refractivity contribution in [1.29, 1.82) is 0 Å². The molecule has 5 heteroatoms. The highest BCUT2D eigenvalue weighted by molar-refractivity contribution is 7.09. The van der Waals surface area contributed by atoms with Crippen LogP contribution in [0.2, 0.25) is 0 Å². The van der Waals surface area contributed by atoms with Gasteiger partial charge < -0.3 is 4.74 Å². The van der Waals surface area contributed by atoms with Crippen molar-refractivity contribution in [3.05, 3.63) is 52.5 Å². The molecule has 0 fully saturated rings. The first kappa shape index (κ1) is 13.7. The fraction of sp³-hybridized carbons (Fsp3) is 0.286. The first-order valence-electron chi connectivity index (χ1n) is 5.93. The number of nitrogens with zero attached hydrogens (tertiary/aromatic N) is 1. The Balaban J connectivity index is 2.22. The Hall–Kier alpha value is -1.72. The average Bonchev–Trinajstić information content (AvgIpc) is 2.98. The molecule has 0 aliphatic heterocycles. The van der Waals surface area contributed by atoms with Crippen LogP contribution in [-0.4, -0.2) is 18.1 Å². The fourth-order valence-corrected chi connectivity index (χ4v) is 2.50. The van der Waals surface area contributed by atoms with Crippen molar-refractivity contribution in [2.24, 2.45) is 0 Å². The van der Waals surface area contributed by atoms with Crippen molar-refractivity contribution in [1.82, 2.24) is 10.3 Å². The molecule has 0 saturated heterocycles. The lowest BCUT2D eigenvalue weighted by atomic mass is 9.93. The summed E-state index contributed by atoms with van der Waals surface area (Å²) in [5.74, 6) is -0.310. The zero-order valence-corrected chi connectivity index (χ0v) is 11.7. The Bertz CT molecular complexity index is 528. The maximum atomic E-state index is 12.1. The number of hydrogen-bond acceptors (Lipinski definition) is 5. The van der Waals surface area contributed by atoms with E-state index in [0.717, 1.165) is 5.56 Å². The van der Waals surface area contributed by atoms with Gasteiger partial charge >= 0.3 is 5.97 Å². The first-order valence-corrected chi connectivity index (χ1v) is 6.81. The van der Waals surface area contributed by atoms with Gasteiger partial charge in [0.2, 0.25) is 0 Å². The lowest BCUT2D eigenvalue weighted by molar-refractivity contribution is -0.148. The molecule has 2 rings (SSSR count). The Kier molecular flexibility index (Phi) is 4.29. The molecule has 100 valence electrons. The van der Waals surface area contributed by atoms with Crippen LogP contribution in [0, 0.1) is 0 Å². The van der Waals surface area contributed by atoms with Gasteiger partial charge in [0.15, 0.2) is 0 Å². The minimum Gasteiger partial charge on any atom is -0.467 e. The van der Waals surface area contributed by atoms with Crippen molar-refractivity contribution >= 4 is 17.3 Å². The number of rotatable bonds is 5. The quantitative estimate of drug-likeness (QED) is 0.852. The molecule has 0 bridgehead atoms. The molecule has 4 nitrogen and oxygen atoms in total. The Morgan fingerprint density at radius 1 is 1.42 bits per heavy atom. The fourth-order valence-electron chi connectivity index (χ4n) is 1.86.